The number of rotatable bonds is 4. The molecule has 0 bridgehead atoms. The van der Waals surface area contributed by atoms with Crippen LogP contribution in [0.15, 0.2) is 46.9 Å². The first-order valence-electron chi connectivity index (χ1n) is 5.56. The summed E-state index contributed by atoms with van der Waals surface area (Å²) >= 11 is 3.38. The number of ether oxygens (including phenoxy) is 1. The number of nitrogen functional groups attached to an aromatic ring is 1. The van der Waals surface area contributed by atoms with E-state index in [1.807, 2.05) is 6.07 Å². The molecule has 19 heavy (non-hydrogen) atoms. The molecule has 0 aliphatic carbocycles. The number of aromatic carboxylic acids is 1. The van der Waals surface area contributed by atoms with Crippen LogP contribution in [-0.4, -0.2) is 11.1 Å². The zero-order valence-corrected chi connectivity index (χ0v) is 11.6. The van der Waals surface area contributed by atoms with Gasteiger partial charge in [-0.05, 0) is 45.8 Å². The monoisotopic (exact) mass is 321 g/mol. The van der Waals surface area contributed by atoms with Crippen LogP contribution in [0.2, 0.25) is 0 Å². The lowest BCUT2D eigenvalue weighted by molar-refractivity contribution is 0.0697. The van der Waals surface area contributed by atoms with Gasteiger partial charge in [0.15, 0.2) is 0 Å². The minimum Gasteiger partial charge on any atom is -0.488 e. The summed E-state index contributed by atoms with van der Waals surface area (Å²) in [6.45, 7) is 0.349. The van der Waals surface area contributed by atoms with E-state index >= 15 is 0 Å². The fourth-order valence-corrected chi connectivity index (χ4v) is 1.90. The molecular formula is C14H12BrNO3. The van der Waals surface area contributed by atoms with Crippen molar-refractivity contribution < 1.29 is 14.6 Å². The van der Waals surface area contributed by atoms with Gasteiger partial charge in [-0.2, -0.15) is 0 Å². The van der Waals surface area contributed by atoms with Gasteiger partial charge >= 0.3 is 5.97 Å². The van der Waals surface area contributed by atoms with Gasteiger partial charge in [0.1, 0.15) is 12.4 Å². The fraction of sp³-hybridized carbons (Fsp3) is 0.0714. The Morgan fingerprint density at radius 2 is 1.89 bits per heavy atom. The SMILES string of the molecule is Nc1ccc(Br)c(OCc2ccc(C(=O)O)cc2)c1. The lowest BCUT2D eigenvalue weighted by Crippen LogP contribution is -1.99. The summed E-state index contributed by atoms with van der Waals surface area (Å²) in [6, 6.07) is 11.9. The minimum atomic E-state index is -0.939. The topological polar surface area (TPSA) is 72.5 Å². The van der Waals surface area contributed by atoms with Crippen LogP contribution in [-0.2, 0) is 6.61 Å². The molecule has 0 atom stereocenters. The maximum atomic E-state index is 10.7. The predicted octanol–water partition coefficient (Wildman–Crippen LogP) is 3.31. The minimum absolute atomic E-state index is 0.258. The molecule has 2 aromatic rings. The maximum Gasteiger partial charge on any atom is 0.335 e. The third kappa shape index (κ3) is 3.48. The van der Waals surface area contributed by atoms with Gasteiger partial charge in [-0.25, -0.2) is 4.79 Å². The maximum absolute atomic E-state index is 10.7. The van der Waals surface area contributed by atoms with Gasteiger partial charge in [-0.3, -0.25) is 0 Å². The number of hydrogen-bond donors (Lipinski definition) is 2. The van der Waals surface area contributed by atoms with E-state index in [9.17, 15) is 4.79 Å². The summed E-state index contributed by atoms with van der Waals surface area (Å²) in [5.41, 5.74) is 7.45. The standard InChI is InChI=1S/C14H12BrNO3/c15-12-6-5-11(16)7-13(12)19-8-9-1-3-10(4-2-9)14(17)18/h1-7H,8,16H2,(H,17,18). The van der Waals surface area contributed by atoms with Crippen LogP contribution >= 0.6 is 15.9 Å². The Balaban J connectivity index is 2.06. The van der Waals surface area contributed by atoms with Gasteiger partial charge in [-0.1, -0.05) is 12.1 Å². The van der Waals surface area contributed by atoms with Crippen LogP contribution in [0.5, 0.6) is 5.75 Å². The molecule has 0 radical (unpaired) electrons. The number of nitrogens with two attached hydrogens (primary N) is 1. The van der Waals surface area contributed by atoms with E-state index in [-0.39, 0.29) is 5.56 Å². The van der Waals surface area contributed by atoms with Crippen molar-refractivity contribution >= 4 is 27.6 Å². The molecule has 98 valence electrons. The summed E-state index contributed by atoms with van der Waals surface area (Å²) in [5.74, 6) is -0.284. The van der Waals surface area contributed by atoms with Crippen molar-refractivity contribution in [3.63, 3.8) is 0 Å². The van der Waals surface area contributed by atoms with Crippen LogP contribution in [0, 0.1) is 0 Å². The average Bonchev–Trinajstić information content (AvgIpc) is 2.40. The molecular weight excluding hydrogens is 310 g/mol. The van der Waals surface area contributed by atoms with Crippen LogP contribution < -0.4 is 10.5 Å². The Hall–Kier alpha value is -2.01. The van der Waals surface area contributed by atoms with E-state index in [1.165, 1.54) is 0 Å². The molecule has 2 aromatic carbocycles. The van der Waals surface area contributed by atoms with E-state index in [2.05, 4.69) is 15.9 Å². The molecule has 3 N–H and O–H groups in total. The molecule has 2 rings (SSSR count). The van der Waals surface area contributed by atoms with Crippen molar-refractivity contribution in [3.05, 3.63) is 58.1 Å². The highest BCUT2D eigenvalue weighted by Crippen LogP contribution is 2.27. The van der Waals surface area contributed by atoms with Crippen molar-refractivity contribution in [2.24, 2.45) is 0 Å². The Kier molecular flexibility index (Phi) is 4.06. The zero-order valence-electron chi connectivity index (χ0n) is 9.97. The van der Waals surface area contributed by atoms with Crippen molar-refractivity contribution in [3.8, 4) is 5.75 Å². The largest absolute Gasteiger partial charge is 0.488 e. The molecule has 0 heterocycles. The number of halogens is 1. The number of benzene rings is 2. The Morgan fingerprint density at radius 3 is 2.53 bits per heavy atom. The molecule has 0 aliphatic heterocycles. The smallest absolute Gasteiger partial charge is 0.335 e. The van der Waals surface area contributed by atoms with Crippen molar-refractivity contribution in [1.29, 1.82) is 0 Å². The molecule has 0 spiro atoms. The quantitative estimate of drug-likeness (QED) is 0.847. The summed E-state index contributed by atoms with van der Waals surface area (Å²) < 4.78 is 6.45. The Morgan fingerprint density at radius 1 is 1.21 bits per heavy atom. The third-order valence-corrected chi connectivity index (χ3v) is 3.21. The molecule has 4 nitrogen and oxygen atoms in total. The molecule has 0 amide bonds. The van der Waals surface area contributed by atoms with E-state index in [4.69, 9.17) is 15.6 Å². The first kappa shape index (κ1) is 13.4. The second kappa shape index (κ2) is 5.75. The number of anilines is 1. The number of carboxylic acid groups (broad SMARTS) is 1. The molecule has 0 saturated carbocycles. The summed E-state index contributed by atoms with van der Waals surface area (Å²) in [5, 5.41) is 8.80. The van der Waals surface area contributed by atoms with Gasteiger partial charge < -0.3 is 15.6 Å². The second-order valence-corrected chi connectivity index (χ2v) is 4.83. The number of hydrogen-bond acceptors (Lipinski definition) is 3. The molecule has 0 aromatic heterocycles. The normalized spacial score (nSPS) is 10.2. The first-order chi connectivity index (χ1) is 9.06. The molecule has 5 heteroatoms. The Labute approximate surface area is 118 Å². The molecule has 0 aliphatic rings. The highest BCUT2D eigenvalue weighted by molar-refractivity contribution is 9.10. The van der Waals surface area contributed by atoms with E-state index < -0.39 is 5.97 Å². The van der Waals surface area contributed by atoms with Crippen LogP contribution in [0.3, 0.4) is 0 Å². The number of carboxylic acids is 1. The van der Waals surface area contributed by atoms with Crippen LogP contribution in [0.4, 0.5) is 5.69 Å². The van der Waals surface area contributed by atoms with Crippen molar-refractivity contribution in [2.75, 3.05) is 5.73 Å². The summed E-state index contributed by atoms with van der Waals surface area (Å²) in [4.78, 5) is 10.7. The molecule has 0 unspecified atom stereocenters. The van der Waals surface area contributed by atoms with Gasteiger partial charge in [0.25, 0.3) is 0 Å². The molecule has 0 saturated heterocycles. The highest BCUT2D eigenvalue weighted by atomic mass is 79.9. The van der Waals surface area contributed by atoms with E-state index in [0.717, 1.165) is 10.0 Å². The molecule has 0 fully saturated rings. The predicted molar refractivity (Wildman–Crippen MR) is 76.3 cm³/mol. The van der Waals surface area contributed by atoms with Gasteiger partial charge in [0, 0.05) is 11.8 Å². The van der Waals surface area contributed by atoms with Crippen molar-refractivity contribution in [1.82, 2.24) is 0 Å². The van der Waals surface area contributed by atoms with Crippen molar-refractivity contribution in [2.45, 2.75) is 6.61 Å². The van der Waals surface area contributed by atoms with E-state index in [1.54, 1.807) is 36.4 Å². The lowest BCUT2D eigenvalue weighted by atomic mass is 10.1. The van der Waals surface area contributed by atoms with E-state index in [0.29, 0.717) is 18.0 Å². The first-order valence-corrected chi connectivity index (χ1v) is 6.35. The second-order valence-electron chi connectivity index (χ2n) is 3.98. The van der Waals surface area contributed by atoms with Crippen LogP contribution in [0.25, 0.3) is 0 Å². The Bertz CT molecular complexity index is 596. The van der Waals surface area contributed by atoms with Gasteiger partial charge in [0.05, 0.1) is 10.0 Å². The fourth-order valence-electron chi connectivity index (χ4n) is 1.54. The summed E-state index contributed by atoms with van der Waals surface area (Å²) in [6.07, 6.45) is 0. The van der Waals surface area contributed by atoms with Gasteiger partial charge in [0.2, 0.25) is 0 Å². The number of carbonyl (C=O) groups is 1. The zero-order chi connectivity index (χ0) is 13.8. The third-order valence-electron chi connectivity index (χ3n) is 2.55. The highest BCUT2D eigenvalue weighted by Gasteiger charge is 2.04. The summed E-state index contributed by atoms with van der Waals surface area (Å²) in [7, 11) is 0. The van der Waals surface area contributed by atoms with Crippen LogP contribution in [0.1, 0.15) is 15.9 Å². The van der Waals surface area contributed by atoms with Gasteiger partial charge in [-0.15, -0.1) is 0 Å². The lowest BCUT2D eigenvalue weighted by Gasteiger charge is -2.09. The average molecular weight is 322 g/mol.